The standard InChI is InChI=1S/C14H16O4/c1-9(15)4-6-11(16)10-5-7-12-13(8-10)18-14(2,3)17-12/h5,7-8H,4,6H2,1-3H3. The van der Waals surface area contributed by atoms with Crippen molar-refractivity contribution in [2.75, 3.05) is 0 Å². The Kier molecular flexibility index (Phi) is 3.11. The van der Waals surface area contributed by atoms with Crippen LogP contribution in [0.5, 0.6) is 11.5 Å². The van der Waals surface area contributed by atoms with Crippen LogP contribution in [0.4, 0.5) is 0 Å². The van der Waals surface area contributed by atoms with Crippen molar-refractivity contribution in [2.24, 2.45) is 0 Å². The fourth-order valence-electron chi connectivity index (χ4n) is 1.83. The Labute approximate surface area is 106 Å². The molecule has 0 saturated heterocycles. The van der Waals surface area contributed by atoms with Gasteiger partial charge in [0.1, 0.15) is 5.78 Å². The van der Waals surface area contributed by atoms with Crippen molar-refractivity contribution < 1.29 is 19.1 Å². The molecule has 0 atom stereocenters. The molecule has 1 heterocycles. The summed E-state index contributed by atoms with van der Waals surface area (Å²) in [5.41, 5.74) is 0.552. The van der Waals surface area contributed by atoms with Gasteiger partial charge in [-0.25, -0.2) is 0 Å². The van der Waals surface area contributed by atoms with E-state index in [4.69, 9.17) is 9.47 Å². The number of hydrogen-bond acceptors (Lipinski definition) is 4. The first kappa shape index (κ1) is 12.6. The molecule has 0 aromatic heterocycles. The summed E-state index contributed by atoms with van der Waals surface area (Å²) in [4.78, 5) is 22.7. The summed E-state index contributed by atoms with van der Waals surface area (Å²) in [6, 6.07) is 5.10. The molecule has 0 fully saturated rings. The molecule has 18 heavy (non-hydrogen) atoms. The Balaban J connectivity index is 2.13. The summed E-state index contributed by atoms with van der Waals surface area (Å²) >= 11 is 0. The molecule has 0 saturated carbocycles. The summed E-state index contributed by atoms with van der Waals surface area (Å²) < 4.78 is 11.1. The lowest BCUT2D eigenvalue weighted by Gasteiger charge is -2.16. The molecule has 1 aliphatic rings. The molecule has 2 rings (SSSR count). The van der Waals surface area contributed by atoms with Crippen LogP contribution in [0.1, 0.15) is 44.0 Å². The minimum Gasteiger partial charge on any atom is -0.449 e. The Hall–Kier alpha value is -1.84. The van der Waals surface area contributed by atoms with Gasteiger partial charge < -0.3 is 14.3 Å². The number of rotatable bonds is 4. The van der Waals surface area contributed by atoms with Crippen LogP contribution in [0.2, 0.25) is 0 Å². The van der Waals surface area contributed by atoms with E-state index in [1.165, 1.54) is 6.92 Å². The van der Waals surface area contributed by atoms with Crippen LogP contribution >= 0.6 is 0 Å². The zero-order chi connectivity index (χ0) is 13.3. The summed E-state index contributed by atoms with van der Waals surface area (Å²) in [5.74, 6) is 0.493. The molecule has 0 amide bonds. The van der Waals surface area contributed by atoms with E-state index < -0.39 is 5.79 Å². The molecule has 0 radical (unpaired) electrons. The van der Waals surface area contributed by atoms with Crippen molar-refractivity contribution in [3.63, 3.8) is 0 Å². The maximum atomic E-state index is 11.9. The van der Waals surface area contributed by atoms with Crippen molar-refractivity contribution in [2.45, 2.75) is 39.4 Å². The third-order valence-corrected chi connectivity index (χ3v) is 2.68. The number of hydrogen-bond donors (Lipinski definition) is 0. The molecule has 0 spiro atoms. The highest BCUT2D eigenvalue weighted by Crippen LogP contribution is 2.39. The number of carbonyl (C=O) groups is 2. The molecule has 1 aliphatic heterocycles. The van der Waals surface area contributed by atoms with Gasteiger partial charge in [0.2, 0.25) is 5.79 Å². The first-order valence-electron chi connectivity index (χ1n) is 5.92. The first-order chi connectivity index (χ1) is 8.37. The van der Waals surface area contributed by atoms with E-state index in [9.17, 15) is 9.59 Å². The van der Waals surface area contributed by atoms with Crippen LogP contribution in [0.3, 0.4) is 0 Å². The van der Waals surface area contributed by atoms with Crippen molar-refractivity contribution in [3.05, 3.63) is 23.8 Å². The number of carbonyl (C=O) groups excluding carboxylic acids is 2. The molecule has 96 valence electrons. The summed E-state index contributed by atoms with van der Waals surface area (Å²) in [6.45, 7) is 5.10. The maximum Gasteiger partial charge on any atom is 0.246 e. The predicted octanol–water partition coefficient (Wildman–Crippen LogP) is 2.75. The fraction of sp³-hybridized carbons (Fsp3) is 0.429. The molecule has 4 nitrogen and oxygen atoms in total. The number of ketones is 2. The average molecular weight is 248 g/mol. The highest BCUT2D eigenvalue weighted by molar-refractivity contribution is 5.98. The van der Waals surface area contributed by atoms with E-state index >= 15 is 0 Å². The molecule has 1 aromatic rings. The Morgan fingerprint density at radius 2 is 1.78 bits per heavy atom. The monoisotopic (exact) mass is 248 g/mol. The van der Waals surface area contributed by atoms with Crippen molar-refractivity contribution in [3.8, 4) is 11.5 Å². The average Bonchev–Trinajstić information content (AvgIpc) is 2.58. The van der Waals surface area contributed by atoms with Gasteiger partial charge in [0.25, 0.3) is 0 Å². The summed E-state index contributed by atoms with van der Waals surface area (Å²) in [5, 5.41) is 0. The topological polar surface area (TPSA) is 52.6 Å². The normalized spacial score (nSPS) is 15.5. The number of benzene rings is 1. The largest absolute Gasteiger partial charge is 0.449 e. The van der Waals surface area contributed by atoms with E-state index in [1.54, 1.807) is 18.2 Å². The number of Topliss-reactive ketones (excluding diaryl/α,β-unsaturated/α-hetero) is 2. The van der Waals surface area contributed by atoms with E-state index in [-0.39, 0.29) is 24.4 Å². The minimum atomic E-state index is -0.691. The van der Waals surface area contributed by atoms with E-state index in [0.29, 0.717) is 17.1 Å². The predicted molar refractivity (Wildman–Crippen MR) is 66.0 cm³/mol. The van der Waals surface area contributed by atoms with Gasteiger partial charge in [-0.2, -0.15) is 0 Å². The van der Waals surface area contributed by atoms with Gasteiger partial charge in [-0.15, -0.1) is 0 Å². The van der Waals surface area contributed by atoms with E-state index in [2.05, 4.69) is 0 Å². The van der Waals surface area contributed by atoms with E-state index in [0.717, 1.165) is 0 Å². The van der Waals surface area contributed by atoms with Crippen LogP contribution in [-0.2, 0) is 4.79 Å². The van der Waals surface area contributed by atoms with Crippen LogP contribution in [-0.4, -0.2) is 17.4 Å². The van der Waals surface area contributed by atoms with Crippen LogP contribution < -0.4 is 9.47 Å². The number of fused-ring (bicyclic) bond motifs is 1. The fourth-order valence-corrected chi connectivity index (χ4v) is 1.83. The smallest absolute Gasteiger partial charge is 0.246 e. The van der Waals surface area contributed by atoms with Crippen molar-refractivity contribution in [1.82, 2.24) is 0 Å². The van der Waals surface area contributed by atoms with Crippen LogP contribution in [0.25, 0.3) is 0 Å². The van der Waals surface area contributed by atoms with Gasteiger partial charge in [-0.3, -0.25) is 4.79 Å². The van der Waals surface area contributed by atoms with Gasteiger partial charge in [0.15, 0.2) is 17.3 Å². The number of ether oxygens (including phenoxy) is 2. The molecular weight excluding hydrogens is 232 g/mol. The van der Waals surface area contributed by atoms with Crippen LogP contribution in [0.15, 0.2) is 18.2 Å². The zero-order valence-electron chi connectivity index (χ0n) is 10.8. The van der Waals surface area contributed by atoms with E-state index in [1.807, 2.05) is 13.8 Å². The molecule has 0 N–H and O–H groups in total. The molecular formula is C14H16O4. The molecule has 4 heteroatoms. The highest BCUT2D eigenvalue weighted by atomic mass is 16.7. The van der Waals surface area contributed by atoms with Gasteiger partial charge >= 0.3 is 0 Å². The quantitative estimate of drug-likeness (QED) is 0.769. The first-order valence-corrected chi connectivity index (χ1v) is 5.92. The summed E-state index contributed by atoms with van der Waals surface area (Å²) in [7, 11) is 0. The maximum absolute atomic E-state index is 11.9. The minimum absolute atomic E-state index is 0.0187. The van der Waals surface area contributed by atoms with Gasteiger partial charge in [0, 0.05) is 32.3 Å². The van der Waals surface area contributed by atoms with Crippen LogP contribution in [0, 0.1) is 0 Å². The van der Waals surface area contributed by atoms with Gasteiger partial charge in [-0.1, -0.05) is 0 Å². The van der Waals surface area contributed by atoms with Gasteiger partial charge in [-0.05, 0) is 25.1 Å². The molecule has 0 unspecified atom stereocenters. The molecule has 0 bridgehead atoms. The molecule has 0 aliphatic carbocycles. The van der Waals surface area contributed by atoms with Crippen molar-refractivity contribution in [1.29, 1.82) is 0 Å². The second kappa shape index (κ2) is 4.44. The highest BCUT2D eigenvalue weighted by Gasteiger charge is 2.31. The lowest BCUT2D eigenvalue weighted by Crippen LogP contribution is -2.29. The second-order valence-corrected chi connectivity index (χ2v) is 4.89. The third-order valence-electron chi connectivity index (χ3n) is 2.68. The Morgan fingerprint density at radius 3 is 2.44 bits per heavy atom. The second-order valence-electron chi connectivity index (χ2n) is 4.89. The molecule has 1 aromatic carbocycles. The zero-order valence-corrected chi connectivity index (χ0v) is 10.8. The SMILES string of the molecule is CC(=O)CCC(=O)c1ccc2c(c1)OC(C)(C)O2. The Morgan fingerprint density at radius 1 is 1.11 bits per heavy atom. The lowest BCUT2D eigenvalue weighted by molar-refractivity contribution is -0.116. The summed E-state index contributed by atoms with van der Waals surface area (Å²) in [6.07, 6.45) is 0.511. The lowest BCUT2D eigenvalue weighted by atomic mass is 10.0. The van der Waals surface area contributed by atoms with Gasteiger partial charge in [0.05, 0.1) is 0 Å². The third kappa shape index (κ3) is 2.70. The Bertz CT molecular complexity index is 503. The van der Waals surface area contributed by atoms with Crippen molar-refractivity contribution >= 4 is 11.6 Å².